The van der Waals surface area contributed by atoms with Gasteiger partial charge in [0.25, 0.3) is 11.6 Å². The van der Waals surface area contributed by atoms with E-state index in [-0.39, 0.29) is 22.8 Å². The second kappa shape index (κ2) is 10.2. The Bertz CT molecular complexity index is 878. The molecule has 148 valence electrons. The Morgan fingerprint density at radius 2 is 1.93 bits per heavy atom. The number of carbonyl (C=O) groups excluding carboxylic acids is 2. The molecule has 0 heterocycles. The van der Waals surface area contributed by atoms with E-state index in [1.807, 2.05) is 0 Å². The third kappa shape index (κ3) is 6.51. The zero-order valence-corrected chi connectivity index (χ0v) is 15.4. The summed E-state index contributed by atoms with van der Waals surface area (Å²) in [5.74, 6) is -1.74. The number of halogens is 2. The van der Waals surface area contributed by atoms with E-state index >= 15 is 0 Å². The first kappa shape index (κ1) is 21.1. The molecule has 0 bridgehead atoms. The van der Waals surface area contributed by atoms with Crippen molar-refractivity contribution in [3.05, 3.63) is 63.4 Å². The number of nitrogens with one attached hydrogen (secondary N) is 2. The Labute approximate surface area is 164 Å². The predicted octanol–water partition coefficient (Wildman–Crippen LogP) is 3.76. The van der Waals surface area contributed by atoms with Gasteiger partial charge in [0.1, 0.15) is 11.5 Å². The molecule has 0 aliphatic carbocycles. The third-order valence-corrected chi connectivity index (χ3v) is 3.86. The molecule has 2 aromatic carbocycles. The quantitative estimate of drug-likeness (QED) is 0.282. The highest BCUT2D eigenvalue weighted by molar-refractivity contribution is 6.33. The number of nitrogens with zero attached hydrogens (tertiary/aromatic N) is 1. The molecule has 0 unspecified atom stereocenters. The van der Waals surface area contributed by atoms with Gasteiger partial charge in [-0.15, -0.1) is 0 Å². The van der Waals surface area contributed by atoms with Crippen molar-refractivity contribution in [1.29, 1.82) is 0 Å². The Morgan fingerprint density at radius 3 is 2.64 bits per heavy atom. The van der Waals surface area contributed by atoms with Crippen LogP contribution in [0.5, 0.6) is 0 Å². The number of para-hydroxylation sites is 2. The van der Waals surface area contributed by atoms with Gasteiger partial charge in [0.05, 0.1) is 15.6 Å². The van der Waals surface area contributed by atoms with Gasteiger partial charge in [-0.05, 0) is 30.7 Å². The molecule has 0 radical (unpaired) electrons. The minimum Gasteiger partial charge on any atom is -0.456 e. The summed E-state index contributed by atoms with van der Waals surface area (Å²) >= 11 is 5.79. The van der Waals surface area contributed by atoms with Gasteiger partial charge < -0.3 is 15.4 Å². The van der Waals surface area contributed by atoms with Crippen LogP contribution in [-0.4, -0.2) is 30.0 Å². The van der Waals surface area contributed by atoms with Gasteiger partial charge >= 0.3 is 5.97 Å². The summed E-state index contributed by atoms with van der Waals surface area (Å²) < 4.78 is 17.8. The van der Waals surface area contributed by atoms with Crippen LogP contribution in [0.15, 0.2) is 42.5 Å². The monoisotopic (exact) mass is 409 g/mol. The van der Waals surface area contributed by atoms with Gasteiger partial charge in [0, 0.05) is 19.0 Å². The summed E-state index contributed by atoms with van der Waals surface area (Å²) in [5, 5.41) is 16.2. The molecule has 10 heteroatoms. The number of carbonyl (C=O) groups is 2. The van der Waals surface area contributed by atoms with E-state index in [0.29, 0.717) is 18.7 Å². The number of ether oxygens (including phenoxy) is 1. The van der Waals surface area contributed by atoms with E-state index in [0.717, 1.165) is 12.1 Å². The predicted molar refractivity (Wildman–Crippen MR) is 102 cm³/mol. The van der Waals surface area contributed by atoms with Crippen LogP contribution in [0.25, 0.3) is 0 Å². The maximum Gasteiger partial charge on any atom is 0.306 e. The number of amides is 1. The largest absolute Gasteiger partial charge is 0.456 e. The number of anilines is 2. The SMILES string of the molecule is O=C(COC(=O)CCCNc1ccccc1[N+](=O)[O-])Nc1ccc(F)cc1Cl. The van der Waals surface area contributed by atoms with Crippen LogP contribution in [0.3, 0.4) is 0 Å². The Kier molecular flexibility index (Phi) is 7.70. The van der Waals surface area contributed by atoms with E-state index in [1.165, 1.54) is 12.1 Å². The van der Waals surface area contributed by atoms with E-state index in [4.69, 9.17) is 16.3 Å². The van der Waals surface area contributed by atoms with E-state index in [2.05, 4.69) is 10.6 Å². The van der Waals surface area contributed by atoms with Gasteiger partial charge in [-0.1, -0.05) is 23.7 Å². The number of benzene rings is 2. The molecule has 2 rings (SSSR count). The van der Waals surface area contributed by atoms with E-state index < -0.39 is 29.2 Å². The fourth-order valence-corrected chi connectivity index (χ4v) is 2.45. The summed E-state index contributed by atoms with van der Waals surface area (Å²) in [7, 11) is 0. The lowest BCUT2D eigenvalue weighted by Gasteiger charge is -2.09. The Hall–Kier alpha value is -3.20. The molecule has 2 aromatic rings. The molecule has 0 aliphatic heterocycles. The standard InChI is InChI=1S/C18H17ClFN3O5/c19-13-10-12(20)7-8-14(13)22-17(24)11-28-18(25)6-3-9-21-15-4-1-2-5-16(15)23(26)27/h1-2,4-5,7-8,10,21H,3,6,9,11H2,(H,22,24). The second-order valence-corrected chi connectivity index (χ2v) is 6.04. The molecule has 0 spiro atoms. The molecule has 0 fully saturated rings. The average Bonchev–Trinajstić information content (AvgIpc) is 2.66. The van der Waals surface area contributed by atoms with E-state index in [9.17, 15) is 24.1 Å². The molecule has 0 saturated heterocycles. The first-order chi connectivity index (χ1) is 13.4. The van der Waals surface area contributed by atoms with Gasteiger partial charge in [-0.3, -0.25) is 19.7 Å². The number of nitro benzene ring substituents is 1. The molecule has 0 aliphatic rings. The smallest absolute Gasteiger partial charge is 0.306 e. The van der Waals surface area contributed by atoms with Crippen LogP contribution in [0.2, 0.25) is 5.02 Å². The van der Waals surface area contributed by atoms with Gasteiger partial charge in [-0.25, -0.2) is 4.39 Å². The fourth-order valence-electron chi connectivity index (χ4n) is 2.23. The maximum atomic E-state index is 13.0. The maximum absolute atomic E-state index is 13.0. The van der Waals surface area contributed by atoms with Crippen LogP contribution in [0, 0.1) is 15.9 Å². The Balaban J connectivity index is 1.69. The third-order valence-electron chi connectivity index (χ3n) is 3.54. The number of nitro groups is 1. The van der Waals surface area contributed by atoms with Gasteiger partial charge in [-0.2, -0.15) is 0 Å². The van der Waals surface area contributed by atoms with Crippen molar-refractivity contribution < 1.29 is 23.6 Å². The van der Waals surface area contributed by atoms with Crippen molar-refractivity contribution in [2.45, 2.75) is 12.8 Å². The first-order valence-electron chi connectivity index (χ1n) is 8.24. The van der Waals surface area contributed by atoms with Gasteiger partial charge in [0.2, 0.25) is 0 Å². The van der Waals surface area contributed by atoms with Crippen molar-refractivity contribution in [3.63, 3.8) is 0 Å². The van der Waals surface area contributed by atoms with Crippen molar-refractivity contribution in [2.75, 3.05) is 23.8 Å². The zero-order valence-electron chi connectivity index (χ0n) is 14.6. The summed E-state index contributed by atoms with van der Waals surface area (Å²) in [6.45, 7) is -0.193. The lowest BCUT2D eigenvalue weighted by molar-refractivity contribution is -0.384. The minimum atomic E-state index is -0.611. The molecule has 8 nitrogen and oxygen atoms in total. The number of rotatable bonds is 9. The van der Waals surface area contributed by atoms with Crippen molar-refractivity contribution >= 4 is 40.5 Å². The normalized spacial score (nSPS) is 10.2. The van der Waals surface area contributed by atoms with E-state index in [1.54, 1.807) is 18.2 Å². The highest BCUT2D eigenvalue weighted by Crippen LogP contribution is 2.23. The zero-order chi connectivity index (χ0) is 20.5. The summed E-state index contributed by atoms with van der Waals surface area (Å²) in [6.07, 6.45) is 0.383. The van der Waals surface area contributed by atoms with Crippen molar-refractivity contribution in [2.24, 2.45) is 0 Å². The average molecular weight is 410 g/mol. The molecule has 0 aromatic heterocycles. The lowest BCUT2D eigenvalue weighted by Crippen LogP contribution is -2.21. The minimum absolute atomic E-state index is 0.0260. The van der Waals surface area contributed by atoms with Crippen LogP contribution in [0.1, 0.15) is 12.8 Å². The number of hydrogen-bond acceptors (Lipinski definition) is 6. The fraction of sp³-hybridized carbons (Fsp3) is 0.222. The van der Waals surface area contributed by atoms with Crippen LogP contribution < -0.4 is 10.6 Å². The topological polar surface area (TPSA) is 111 Å². The Morgan fingerprint density at radius 1 is 1.18 bits per heavy atom. The van der Waals surface area contributed by atoms with Crippen LogP contribution in [0.4, 0.5) is 21.5 Å². The van der Waals surface area contributed by atoms with Crippen molar-refractivity contribution in [1.82, 2.24) is 0 Å². The summed E-state index contributed by atoms with van der Waals surface area (Å²) in [4.78, 5) is 33.8. The van der Waals surface area contributed by atoms with Crippen LogP contribution in [-0.2, 0) is 14.3 Å². The summed E-state index contributed by atoms with van der Waals surface area (Å²) in [5.41, 5.74) is 0.510. The van der Waals surface area contributed by atoms with Gasteiger partial charge in [0.15, 0.2) is 6.61 Å². The first-order valence-corrected chi connectivity index (χ1v) is 8.62. The molecular weight excluding hydrogens is 393 g/mol. The lowest BCUT2D eigenvalue weighted by atomic mass is 10.2. The molecule has 28 heavy (non-hydrogen) atoms. The van der Waals surface area contributed by atoms with Crippen LogP contribution >= 0.6 is 11.6 Å². The summed E-state index contributed by atoms with van der Waals surface area (Å²) in [6, 6.07) is 9.65. The molecular formula is C18H17ClFN3O5. The molecule has 0 atom stereocenters. The molecule has 1 amide bonds. The molecule has 0 saturated carbocycles. The number of esters is 1. The van der Waals surface area contributed by atoms with Crippen molar-refractivity contribution in [3.8, 4) is 0 Å². The number of hydrogen-bond donors (Lipinski definition) is 2. The highest BCUT2D eigenvalue weighted by atomic mass is 35.5. The highest BCUT2D eigenvalue weighted by Gasteiger charge is 2.13. The molecule has 2 N–H and O–H groups in total. The second-order valence-electron chi connectivity index (χ2n) is 5.64.